The van der Waals surface area contributed by atoms with E-state index in [9.17, 15) is 9.00 Å². The minimum Gasteiger partial charge on any atom is -0.447 e. The molecule has 128 valence electrons. The Bertz CT molecular complexity index is 631. The molecule has 1 amide bonds. The van der Waals surface area contributed by atoms with Crippen molar-refractivity contribution in [2.24, 2.45) is 5.73 Å². The van der Waals surface area contributed by atoms with Crippen LogP contribution in [0.5, 0.6) is 0 Å². The number of hydrogen-bond acceptors (Lipinski definition) is 6. The molecule has 1 aromatic heterocycles. The molecule has 0 bridgehead atoms. The van der Waals surface area contributed by atoms with Gasteiger partial charge < -0.3 is 15.8 Å². The number of aryl methyl sites for hydroxylation is 1. The van der Waals surface area contributed by atoms with Crippen molar-refractivity contribution in [1.29, 1.82) is 0 Å². The number of ether oxygens (including phenoxy) is 1. The van der Waals surface area contributed by atoms with Crippen molar-refractivity contribution >= 4 is 22.7 Å². The summed E-state index contributed by atoms with van der Waals surface area (Å²) in [7, 11) is -1.12. The molecule has 0 radical (unpaired) electrons. The monoisotopic (exact) mass is 340 g/mol. The Labute approximate surface area is 138 Å². The van der Waals surface area contributed by atoms with Crippen LogP contribution in [-0.4, -0.2) is 38.2 Å². The zero-order valence-corrected chi connectivity index (χ0v) is 14.8. The molecule has 1 atom stereocenters. The van der Waals surface area contributed by atoms with E-state index in [1.54, 1.807) is 0 Å². The van der Waals surface area contributed by atoms with Crippen molar-refractivity contribution in [2.75, 3.05) is 17.7 Å². The summed E-state index contributed by atoms with van der Waals surface area (Å²) in [6.07, 6.45) is 0.842. The summed E-state index contributed by atoms with van der Waals surface area (Å²) in [5.74, 6) is 2.07. The van der Waals surface area contributed by atoms with Crippen molar-refractivity contribution < 1.29 is 13.7 Å². The molecule has 2 heterocycles. The number of primary amides is 1. The number of carbonyl (C=O) groups is 1. The maximum absolute atomic E-state index is 12.4. The van der Waals surface area contributed by atoms with Gasteiger partial charge in [0.2, 0.25) is 0 Å². The molecule has 0 saturated heterocycles. The predicted molar refractivity (Wildman–Crippen MR) is 89.0 cm³/mol. The lowest BCUT2D eigenvalue weighted by atomic mass is 10.1. The Hall–Kier alpha value is -1.70. The standard InChI is InChI=1S/C15H24N4O3S/c1-9(2)12-17-10-6-5-7-23(21)11(10)13(18-12)19-15(3,4)8-22-14(16)20/h9H,5-8H2,1-4H3,(H2,16,20)(H,17,18,19). The Balaban J connectivity index is 2.37. The van der Waals surface area contributed by atoms with Gasteiger partial charge in [-0.25, -0.2) is 14.8 Å². The first-order valence-corrected chi connectivity index (χ1v) is 9.01. The molecule has 23 heavy (non-hydrogen) atoms. The minimum absolute atomic E-state index is 0.0881. The average molecular weight is 340 g/mol. The number of fused-ring (bicyclic) bond motifs is 1. The van der Waals surface area contributed by atoms with Gasteiger partial charge in [0.1, 0.15) is 23.1 Å². The van der Waals surface area contributed by atoms with Gasteiger partial charge in [-0.05, 0) is 26.7 Å². The van der Waals surface area contributed by atoms with Crippen LogP contribution in [0.3, 0.4) is 0 Å². The van der Waals surface area contributed by atoms with Crippen LogP contribution in [0.15, 0.2) is 4.90 Å². The molecular weight excluding hydrogens is 316 g/mol. The van der Waals surface area contributed by atoms with Crippen molar-refractivity contribution in [3.05, 3.63) is 11.5 Å². The number of nitrogens with zero attached hydrogens (tertiary/aromatic N) is 2. The highest BCUT2D eigenvalue weighted by atomic mass is 32.2. The Morgan fingerprint density at radius 1 is 1.43 bits per heavy atom. The van der Waals surface area contributed by atoms with E-state index in [2.05, 4.69) is 15.3 Å². The smallest absolute Gasteiger partial charge is 0.404 e. The molecule has 0 aliphatic carbocycles. The molecule has 1 unspecified atom stereocenters. The molecule has 7 nitrogen and oxygen atoms in total. The number of carbonyl (C=O) groups excluding carboxylic acids is 1. The first-order chi connectivity index (χ1) is 10.7. The van der Waals surface area contributed by atoms with Crippen LogP contribution in [0.25, 0.3) is 0 Å². The van der Waals surface area contributed by atoms with Gasteiger partial charge in [-0.1, -0.05) is 13.8 Å². The summed E-state index contributed by atoms with van der Waals surface area (Å²) in [4.78, 5) is 20.6. The maximum atomic E-state index is 12.4. The number of amides is 1. The molecule has 3 N–H and O–H groups in total. The van der Waals surface area contributed by atoms with Crippen LogP contribution in [0.1, 0.15) is 51.6 Å². The van der Waals surface area contributed by atoms with E-state index in [1.165, 1.54) is 0 Å². The highest BCUT2D eigenvalue weighted by molar-refractivity contribution is 7.85. The molecule has 1 aliphatic heterocycles. The second-order valence-corrected chi connectivity index (χ2v) is 8.14. The Morgan fingerprint density at radius 3 is 2.74 bits per heavy atom. The molecular formula is C15H24N4O3S. The fourth-order valence-electron chi connectivity index (χ4n) is 2.35. The number of aromatic nitrogens is 2. The first-order valence-electron chi connectivity index (χ1n) is 7.69. The molecule has 0 saturated carbocycles. The number of nitrogens with one attached hydrogen (secondary N) is 1. The minimum atomic E-state index is -1.12. The van der Waals surface area contributed by atoms with Gasteiger partial charge in [-0.2, -0.15) is 0 Å². The van der Waals surface area contributed by atoms with E-state index < -0.39 is 22.4 Å². The molecule has 8 heteroatoms. The third-order valence-corrected chi connectivity index (χ3v) is 5.02. The summed E-state index contributed by atoms with van der Waals surface area (Å²) in [5.41, 5.74) is 5.29. The normalized spacial score (nSPS) is 17.7. The van der Waals surface area contributed by atoms with Gasteiger partial charge in [0.05, 0.1) is 22.0 Å². The highest BCUT2D eigenvalue weighted by Gasteiger charge is 2.28. The zero-order chi connectivity index (χ0) is 17.2. The fraction of sp³-hybridized carbons (Fsp3) is 0.667. The molecule has 2 rings (SSSR count). The summed E-state index contributed by atoms with van der Waals surface area (Å²) in [6, 6.07) is 0. The number of rotatable bonds is 5. The van der Waals surface area contributed by atoms with Gasteiger partial charge in [0.25, 0.3) is 0 Å². The first kappa shape index (κ1) is 17.7. The van der Waals surface area contributed by atoms with Crippen molar-refractivity contribution in [2.45, 2.75) is 56.9 Å². The van der Waals surface area contributed by atoms with Crippen molar-refractivity contribution in [3.63, 3.8) is 0 Å². The second-order valence-electron chi connectivity index (χ2n) is 6.63. The van der Waals surface area contributed by atoms with E-state index in [0.29, 0.717) is 16.5 Å². The molecule has 1 aliphatic rings. The number of anilines is 1. The van der Waals surface area contributed by atoms with Crippen LogP contribution in [0.2, 0.25) is 0 Å². The van der Waals surface area contributed by atoms with E-state index in [-0.39, 0.29) is 12.5 Å². The lowest BCUT2D eigenvalue weighted by Gasteiger charge is -2.29. The molecule has 0 aromatic carbocycles. The van der Waals surface area contributed by atoms with E-state index in [4.69, 9.17) is 10.5 Å². The van der Waals surface area contributed by atoms with Crippen LogP contribution in [-0.2, 0) is 22.0 Å². The summed E-state index contributed by atoms with van der Waals surface area (Å²) < 4.78 is 17.3. The SMILES string of the molecule is CC(C)c1nc2c(c(NC(C)(C)COC(N)=O)n1)S(=O)CCC2. The van der Waals surface area contributed by atoms with Crippen molar-refractivity contribution in [3.8, 4) is 0 Å². The van der Waals surface area contributed by atoms with Crippen LogP contribution < -0.4 is 11.1 Å². The number of nitrogens with two attached hydrogens (primary N) is 1. The third kappa shape index (κ3) is 4.40. The molecule has 1 aromatic rings. The quantitative estimate of drug-likeness (QED) is 0.848. The highest BCUT2D eigenvalue weighted by Crippen LogP contribution is 2.30. The Kier molecular flexibility index (Phi) is 5.23. The van der Waals surface area contributed by atoms with E-state index in [1.807, 2.05) is 27.7 Å². The predicted octanol–water partition coefficient (Wildman–Crippen LogP) is 1.94. The molecule has 0 spiro atoms. The van der Waals surface area contributed by atoms with E-state index >= 15 is 0 Å². The topological polar surface area (TPSA) is 107 Å². The average Bonchev–Trinajstić information content (AvgIpc) is 2.44. The largest absolute Gasteiger partial charge is 0.447 e. The summed E-state index contributed by atoms with van der Waals surface area (Å²) >= 11 is 0. The van der Waals surface area contributed by atoms with Crippen molar-refractivity contribution in [1.82, 2.24) is 9.97 Å². The van der Waals surface area contributed by atoms with E-state index in [0.717, 1.165) is 24.4 Å². The van der Waals surface area contributed by atoms with Gasteiger partial charge in [0.15, 0.2) is 0 Å². The summed E-state index contributed by atoms with van der Waals surface area (Å²) in [6.45, 7) is 7.86. The third-order valence-electron chi connectivity index (χ3n) is 3.47. The fourth-order valence-corrected chi connectivity index (χ4v) is 3.68. The van der Waals surface area contributed by atoms with Gasteiger partial charge in [-0.15, -0.1) is 0 Å². The van der Waals surface area contributed by atoms with Crippen LogP contribution in [0.4, 0.5) is 10.6 Å². The lowest BCUT2D eigenvalue weighted by Crippen LogP contribution is -2.39. The van der Waals surface area contributed by atoms with Gasteiger partial charge >= 0.3 is 6.09 Å². The summed E-state index contributed by atoms with van der Waals surface area (Å²) in [5, 5.41) is 3.25. The Morgan fingerprint density at radius 2 is 2.13 bits per heavy atom. The van der Waals surface area contributed by atoms with Gasteiger partial charge in [0, 0.05) is 11.7 Å². The number of hydrogen-bond donors (Lipinski definition) is 2. The van der Waals surface area contributed by atoms with Gasteiger partial charge in [-0.3, -0.25) is 4.21 Å². The van der Waals surface area contributed by atoms with Crippen LogP contribution >= 0.6 is 0 Å². The van der Waals surface area contributed by atoms with Crippen LogP contribution in [0, 0.1) is 0 Å². The second kappa shape index (κ2) is 6.82. The zero-order valence-electron chi connectivity index (χ0n) is 14.0. The lowest BCUT2D eigenvalue weighted by molar-refractivity contribution is 0.138. The molecule has 0 fully saturated rings. The maximum Gasteiger partial charge on any atom is 0.404 e.